The molecule has 2 saturated carbocycles. The number of aliphatic carboxylic acids is 1. The molecular weight excluding hydrogens is 456 g/mol. The first-order chi connectivity index (χ1) is 16.3. The fraction of sp³-hybridized carbons (Fsp3) is 0.423. The zero-order chi connectivity index (χ0) is 24.0. The van der Waals surface area contributed by atoms with E-state index < -0.39 is 12.1 Å². The summed E-state index contributed by atoms with van der Waals surface area (Å²) in [5.41, 5.74) is 2.38. The van der Waals surface area contributed by atoms with Gasteiger partial charge in [-0.25, -0.2) is 0 Å². The Balaban J connectivity index is 1.63. The summed E-state index contributed by atoms with van der Waals surface area (Å²) in [5.74, 6) is -1.17. The maximum absolute atomic E-state index is 13.3. The van der Waals surface area contributed by atoms with E-state index in [1.54, 1.807) is 12.1 Å². The molecule has 2 aromatic carbocycles. The highest BCUT2D eigenvalue weighted by Crippen LogP contribution is 2.58. The lowest BCUT2D eigenvalue weighted by molar-refractivity contribution is -0.144. The lowest BCUT2D eigenvalue weighted by atomic mass is 9.66. The van der Waals surface area contributed by atoms with Crippen molar-refractivity contribution in [3.63, 3.8) is 0 Å². The molecule has 178 valence electrons. The Morgan fingerprint density at radius 2 is 1.71 bits per heavy atom. The molecule has 2 aromatic rings. The topological polar surface area (TPSA) is 94.9 Å². The molecule has 0 spiro atoms. The van der Waals surface area contributed by atoms with Gasteiger partial charge in [-0.3, -0.25) is 9.59 Å². The van der Waals surface area contributed by atoms with Crippen LogP contribution in [0.2, 0.25) is 5.02 Å². The van der Waals surface area contributed by atoms with Crippen molar-refractivity contribution in [1.29, 1.82) is 0 Å². The van der Waals surface area contributed by atoms with Gasteiger partial charge in [0.05, 0.1) is 12.5 Å². The molecule has 2 fully saturated rings. The number of carbonyl (C=O) groups is 3. The summed E-state index contributed by atoms with van der Waals surface area (Å²) in [4.78, 5) is 39.4. The van der Waals surface area contributed by atoms with Gasteiger partial charge >= 0.3 is 12.1 Å². The summed E-state index contributed by atoms with van der Waals surface area (Å²) in [6.07, 6.45) is 2.17. The molecule has 8 heteroatoms. The normalized spacial score (nSPS) is 27.1. The van der Waals surface area contributed by atoms with Crippen molar-refractivity contribution in [3.05, 3.63) is 64.7 Å². The van der Waals surface area contributed by atoms with Crippen molar-refractivity contribution >= 4 is 35.3 Å². The van der Waals surface area contributed by atoms with Crippen LogP contribution in [0.5, 0.6) is 0 Å². The number of fused-ring (bicyclic) bond motifs is 2. The molecule has 2 N–H and O–H groups in total. The minimum atomic E-state index is -0.995. The van der Waals surface area contributed by atoms with Crippen molar-refractivity contribution in [1.82, 2.24) is 9.38 Å². The van der Waals surface area contributed by atoms with Gasteiger partial charge in [0.1, 0.15) is 12.6 Å². The van der Waals surface area contributed by atoms with Gasteiger partial charge in [-0.1, -0.05) is 41.9 Å². The molecule has 2 amide bonds. The first-order valence-electron chi connectivity index (χ1n) is 11.8. The SMILES string of the molecule is O=C(O)CCC(=O)N(C1CC1)[C@H]1c2ccc(Cl)cc2[N+](Cc2ccccc2)(C(=O)O)[C@H]2CC[C@H]12. The molecular formula is C26H28ClN2O5+. The van der Waals surface area contributed by atoms with Gasteiger partial charge in [-0.05, 0) is 31.4 Å². The smallest absolute Gasteiger partial charge is 0.481 e. The third-order valence-corrected chi connectivity index (χ3v) is 7.93. The first kappa shape index (κ1) is 22.9. The Hall–Kier alpha value is -2.90. The summed E-state index contributed by atoms with van der Waals surface area (Å²) < 4.78 is -0.233. The van der Waals surface area contributed by atoms with Crippen LogP contribution in [-0.4, -0.2) is 45.2 Å². The summed E-state index contributed by atoms with van der Waals surface area (Å²) in [6, 6.07) is 14.6. The summed E-state index contributed by atoms with van der Waals surface area (Å²) in [5, 5.41) is 20.3. The predicted molar refractivity (Wildman–Crippen MR) is 127 cm³/mol. The van der Waals surface area contributed by atoms with E-state index in [-0.39, 0.29) is 47.3 Å². The Morgan fingerprint density at radius 1 is 0.971 bits per heavy atom. The number of rotatable bonds is 7. The van der Waals surface area contributed by atoms with Gasteiger partial charge < -0.3 is 15.1 Å². The quantitative estimate of drug-likeness (QED) is 0.527. The number of carbonyl (C=O) groups excluding carboxylic acids is 1. The van der Waals surface area contributed by atoms with E-state index in [0.29, 0.717) is 17.3 Å². The summed E-state index contributed by atoms with van der Waals surface area (Å²) >= 11 is 6.41. The van der Waals surface area contributed by atoms with Crippen LogP contribution in [-0.2, 0) is 16.1 Å². The van der Waals surface area contributed by atoms with E-state index in [4.69, 9.17) is 16.7 Å². The Morgan fingerprint density at radius 3 is 2.29 bits per heavy atom. The van der Waals surface area contributed by atoms with Gasteiger partial charge in [0.25, 0.3) is 0 Å². The maximum atomic E-state index is 13.3. The van der Waals surface area contributed by atoms with Crippen molar-refractivity contribution in [2.75, 3.05) is 0 Å². The van der Waals surface area contributed by atoms with E-state index in [2.05, 4.69) is 0 Å². The average Bonchev–Trinajstić information content (AvgIpc) is 3.61. The highest BCUT2D eigenvalue weighted by atomic mass is 35.5. The lowest BCUT2D eigenvalue weighted by Gasteiger charge is -2.57. The Labute approximate surface area is 203 Å². The van der Waals surface area contributed by atoms with Gasteiger partial charge in [0, 0.05) is 47.0 Å². The fourth-order valence-electron chi connectivity index (χ4n) is 5.97. The molecule has 4 atom stereocenters. The molecule has 1 heterocycles. The van der Waals surface area contributed by atoms with E-state index in [9.17, 15) is 19.5 Å². The molecule has 0 bridgehead atoms. The first-order valence-corrected chi connectivity index (χ1v) is 12.2. The number of nitrogens with zero attached hydrogens (tertiary/aromatic N) is 2. The monoisotopic (exact) mass is 483 g/mol. The second-order valence-corrected chi connectivity index (χ2v) is 10.1. The van der Waals surface area contributed by atoms with Crippen LogP contribution in [0.4, 0.5) is 10.5 Å². The second kappa shape index (κ2) is 8.71. The number of benzene rings is 2. The number of carboxylic acids is 1. The van der Waals surface area contributed by atoms with Crippen LogP contribution >= 0.6 is 11.6 Å². The van der Waals surface area contributed by atoms with Crippen LogP contribution in [0.1, 0.15) is 55.7 Å². The van der Waals surface area contributed by atoms with Crippen molar-refractivity contribution in [2.45, 2.75) is 63.2 Å². The number of halogens is 1. The molecule has 1 unspecified atom stereocenters. The Kier molecular flexibility index (Phi) is 5.86. The zero-order valence-electron chi connectivity index (χ0n) is 18.8. The second-order valence-electron chi connectivity index (χ2n) is 9.68. The highest BCUT2D eigenvalue weighted by molar-refractivity contribution is 6.31. The fourth-order valence-corrected chi connectivity index (χ4v) is 6.14. The minimum absolute atomic E-state index is 0.0112. The molecule has 34 heavy (non-hydrogen) atoms. The zero-order valence-corrected chi connectivity index (χ0v) is 19.5. The lowest BCUT2D eigenvalue weighted by Crippen LogP contribution is -2.70. The average molecular weight is 484 g/mol. The minimum Gasteiger partial charge on any atom is -0.481 e. The maximum Gasteiger partial charge on any atom is 0.519 e. The molecule has 5 rings (SSSR count). The highest BCUT2D eigenvalue weighted by Gasteiger charge is 2.63. The van der Waals surface area contributed by atoms with E-state index in [1.165, 1.54) is 0 Å². The number of carboxylic acid groups (broad SMARTS) is 2. The predicted octanol–water partition coefficient (Wildman–Crippen LogP) is 5.21. The van der Waals surface area contributed by atoms with Crippen LogP contribution in [0.3, 0.4) is 0 Å². The molecule has 3 aliphatic rings. The third-order valence-electron chi connectivity index (χ3n) is 7.70. The van der Waals surface area contributed by atoms with Crippen LogP contribution in [0.25, 0.3) is 0 Å². The summed E-state index contributed by atoms with van der Waals surface area (Å²) in [6.45, 7) is 0.299. The number of quaternary nitrogens is 1. The van der Waals surface area contributed by atoms with Gasteiger partial charge in [-0.2, -0.15) is 9.28 Å². The van der Waals surface area contributed by atoms with Gasteiger partial charge in [0.15, 0.2) is 5.69 Å². The molecule has 0 aromatic heterocycles. The van der Waals surface area contributed by atoms with Crippen molar-refractivity contribution in [3.8, 4) is 0 Å². The van der Waals surface area contributed by atoms with Crippen molar-refractivity contribution in [2.24, 2.45) is 5.92 Å². The number of amides is 2. The third kappa shape index (κ3) is 3.77. The van der Waals surface area contributed by atoms with Gasteiger partial charge in [0.2, 0.25) is 5.91 Å². The molecule has 1 aliphatic heterocycles. The van der Waals surface area contributed by atoms with E-state index in [1.807, 2.05) is 41.3 Å². The Bertz CT molecular complexity index is 1140. The van der Waals surface area contributed by atoms with Crippen LogP contribution in [0, 0.1) is 5.92 Å². The van der Waals surface area contributed by atoms with Crippen LogP contribution in [0.15, 0.2) is 48.5 Å². The van der Waals surface area contributed by atoms with Crippen molar-refractivity contribution < 1.29 is 24.6 Å². The standard InChI is InChI=1S/C26H27ClN2O5/c27-17-6-9-20-22(14-17)29(26(33)34,15-16-4-2-1-3-5-16)21-11-10-19(21)25(20)28(18-7-8-18)23(30)12-13-24(31)32/h1-6,9,14,18-19,21,25H,7-8,10-13,15H2,(H-,31,32,33,34)/p+1/t19-,21-,25+,29?/m0/s1. The van der Waals surface area contributed by atoms with Crippen LogP contribution < -0.4 is 4.48 Å². The van der Waals surface area contributed by atoms with Gasteiger partial charge in [-0.15, -0.1) is 0 Å². The molecule has 7 nitrogen and oxygen atoms in total. The molecule has 0 saturated heterocycles. The molecule has 0 radical (unpaired) electrons. The summed E-state index contributed by atoms with van der Waals surface area (Å²) in [7, 11) is 0. The largest absolute Gasteiger partial charge is 0.519 e. The number of hydrogen-bond acceptors (Lipinski definition) is 3. The van der Waals surface area contributed by atoms with E-state index >= 15 is 0 Å². The number of hydrogen-bond donors (Lipinski definition) is 2. The van der Waals surface area contributed by atoms with E-state index in [0.717, 1.165) is 36.8 Å². The molecule has 2 aliphatic carbocycles.